The molecule has 0 amide bonds. The van der Waals surface area contributed by atoms with E-state index in [1.165, 1.54) is 54.5 Å². The van der Waals surface area contributed by atoms with E-state index in [2.05, 4.69) is 63.1 Å². The summed E-state index contributed by atoms with van der Waals surface area (Å²) in [5, 5.41) is 1.24. The molecular formula is C30H42N2O2. The van der Waals surface area contributed by atoms with Gasteiger partial charge >= 0.3 is 0 Å². The van der Waals surface area contributed by atoms with Crippen molar-refractivity contribution in [3.63, 3.8) is 0 Å². The number of ether oxygens (including phenoxy) is 1. The van der Waals surface area contributed by atoms with Crippen LogP contribution in [0.5, 0.6) is 11.5 Å². The lowest BCUT2D eigenvalue weighted by Crippen LogP contribution is -2.32. The van der Waals surface area contributed by atoms with Crippen LogP contribution in [-0.2, 0) is 6.54 Å². The first kappa shape index (κ1) is 26.0. The number of aromatic nitrogens is 1. The molecule has 4 nitrogen and oxygen atoms in total. The van der Waals surface area contributed by atoms with Crippen molar-refractivity contribution in [1.29, 1.82) is 0 Å². The first-order valence-corrected chi connectivity index (χ1v) is 12.9. The Hall–Kier alpha value is -2.59. The van der Waals surface area contributed by atoms with Crippen LogP contribution in [0.4, 0.5) is 0 Å². The number of rotatable bonds is 13. The van der Waals surface area contributed by atoms with E-state index in [0.29, 0.717) is 11.5 Å². The average molecular weight is 463 g/mol. The van der Waals surface area contributed by atoms with Crippen LogP contribution in [0.25, 0.3) is 10.9 Å². The number of aryl methyl sites for hydroxylation is 1. The van der Waals surface area contributed by atoms with E-state index >= 15 is 0 Å². The second-order valence-corrected chi connectivity index (χ2v) is 10.00. The van der Waals surface area contributed by atoms with Crippen molar-refractivity contribution in [2.24, 2.45) is 11.8 Å². The number of hydrogen-bond donors (Lipinski definition) is 0. The molecule has 0 radical (unpaired) electrons. The van der Waals surface area contributed by atoms with Crippen LogP contribution < -0.4 is 4.74 Å². The third-order valence-corrected chi connectivity index (χ3v) is 7.10. The standard InChI is InChI=1S/C30H42N2O2/c1-7-16-31(17-15-22(3)8-2)19-23(4)20-32-25(6)24(5)29-18-28(13-14-30(29)32)34-27-11-9-26(21-33)10-12-27/h9-14,18,21-23H,7-8,15-17,19-20H2,1-6H3. The summed E-state index contributed by atoms with van der Waals surface area (Å²) in [6.45, 7) is 18.3. The molecule has 0 aliphatic carbocycles. The summed E-state index contributed by atoms with van der Waals surface area (Å²) in [5.41, 5.74) is 4.56. The lowest BCUT2D eigenvalue weighted by atomic mass is 10.0. The zero-order valence-corrected chi connectivity index (χ0v) is 21.9. The van der Waals surface area contributed by atoms with Gasteiger partial charge in [-0.1, -0.05) is 34.1 Å². The van der Waals surface area contributed by atoms with E-state index < -0.39 is 0 Å². The molecule has 34 heavy (non-hydrogen) atoms. The summed E-state index contributed by atoms with van der Waals surface area (Å²) < 4.78 is 8.56. The molecule has 0 saturated heterocycles. The normalized spacial score (nSPS) is 13.4. The number of fused-ring (bicyclic) bond motifs is 1. The van der Waals surface area contributed by atoms with Gasteiger partial charge in [0.1, 0.15) is 17.8 Å². The Morgan fingerprint density at radius 3 is 2.32 bits per heavy atom. The first-order valence-electron chi connectivity index (χ1n) is 12.9. The van der Waals surface area contributed by atoms with Crippen molar-refractivity contribution < 1.29 is 9.53 Å². The van der Waals surface area contributed by atoms with E-state index in [1.54, 1.807) is 12.1 Å². The topological polar surface area (TPSA) is 34.5 Å². The summed E-state index contributed by atoms with van der Waals surface area (Å²) in [7, 11) is 0. The number of nitrogens with zero attached hydrogens (tertiary/aromatic N) is 2. The summed E-state index contributed by atoms with van der Waals surface area (Å²) in [6.07, 6.45) is 4.60. The molecule has 3 aromatic rings. The van der Waals surface area contributed by atoms with Gasteiger partial charge in [0.2, 0.25) is 0 Å². The molecule has 0 fully saturated rings. The molecule has 1 aromatic heterocycles. The number of aldehydes is 1. The molecule has 0 bridgehead atoms. The lowest BCUT2D eigenvalue weighted by Gasteiger charge is -2.27. The quantitative estimate of drug-likeness (QED) is 0.245. The fourth-order valence-electron chi connectivity index (χ4n) is 4.71. The number of hydrogen-bond acceptors (Lipinski definition) is 3. The summed E-state index contributed by atoms with van der Waals surface area (Å²) in [6, 6.07) is 13.6. The second kappa shape index (κ2) is 12.2. The van der Waals surface area contributed by atoms with Gasteiger partial charge < -0.3 is 14.2 Å². The zero-order valence-electron chi connectivity index (χ0n) is 21.9. The van der Waals surface area contributed by atoms with Crippen LogP contribution >= 0.6 is 0 Å². The predicted octanol–water partition coefficient (Wildman–Crippen LogP) is 7.65. The van der Waals surface area contributed by atoms with Crippen LogP contribution in [-0.4, -0.2) is 35.4 Å². The van der Waals surface area contributed by atoms with Gasteiger partial charge in [0.15, 0.2) is 0 Å². The third-order valence-electron chi connectivity index (χ3n) is 7.10. The van der Waals surface area contributed by atoms with E-state index in [4.69, 9.17) is 4.74 Å². The van der Waals surface area contributed by atoms with Gasteiger partial charge in [-0.3, -0.25) is 4.79 Å². The second-order valence-electron chi connectivity index (χ2n) is 10.00. The van der Waals surface area contributed by atoms with Gasteiger partial charge in [-0.2, -0.15) is 0 Å². The monoisotopic (exact) mass is 462 g/mol. The van der Waals surface area contributed by atoms with E-state index in [-0.39, 0.29) is 0 Å². The van der Waals surface area contributed by atoms with Crippen molar-refractivity contribution >= 4 is 17.2 Å². The highest BCUT2D eigenvalue weighted by Crippen LogP contribution is 2.31. The van der Waals surface area contributed by atoms with Gasteiger partial charge in [0.05, 0.1) is 0 Å². The average Bonchev–Trinajstić information content (AvgIpc) is 3.07. The molecule has 0 N–H and O–H groups in total. The molecule has 2 aromatic carbocycles. The van der Waals surface area contributed by atoms with Crippen LogP contribution in [0.15, 0.2) is 42.5 Å². The maximum absolute atomic E-state index is 10.9. The van der Waals surface area contributed by atoms with E-state index in [0.717, 1.165) is 36.8 Å². The fraction of sp³-hybridized carbons (Fsp3) is 0.500. The maximum Gasteiger partial charge on any atom is 0.150 e. The highest BCUT2D eigenvalue weighted by Gasteiger charge is 2.17. The summed E-state index contributed by atoms with van der Waals surface area (Å²) in [5.74, 6) is 2.93. The van der Waals surface area contributed by atoms with Gasteiger partial charge in [0, 0.05) is 35.2 Å². The molecular weight excluding hydrogens is 420 g/mol. The Balaban J connectivity index is 1.74. The molecule has 2 unspecified atom stereocenters. The van der Waals surface area contributed by atoms with Crippen molar-refractivity contribution in [3.8, 4) is 11.5 Å². The molecule has 3 rings (SSSR count). The largest absolute Gasteiger partial charge is 0.457 e. The molecule has 1 heterocycles. The number of benzene rings is 2. The lowest BCUT2D eigenvalue weighted by molar-refractivity contribution is 0.112. The highest BCUT2D eigenvalue weighted by molar-refractivity contribution is 5.86. The Morgan fingerprint density at radius 2 is 1.68 bits per heavy atom. The van der Waals surface area contributed by atoms with Gasteiger partial charge in [-0.05, 0) is 99.6 Å². The molecule has 0 aliphatic rings. The van der Waals surface area contributed by atoms with Crippen molar-refractivity contribution in [3.05, 3.63) is 59.3 Å². The van der Waals surface area contributed by atoms with Crippen LogP contribution in [0, 0.1) is 25.7 Å². The molecule has 0 aliphatic heterocycles. The molecule has 2 atom stereocenters. The Kier molecular flexibility index (Phi) is 9.35. The Labute approximate surface area is 205 Å². The molecule has 0 saturated carbocycles. The summed E-state index contributed by atoms with van der Waals surface area (Å²) in [4.78, 5) is 13.5. The Morgan fingerprint density at radius 1 is 0.971 bits per heavy atom. The fourth-order valence-corrected chi connectivity index (χ4v) is 4.71. The SMILES string of the molecule is CCCN(CCC(C)CC)CC(C)Cn1c(C)c(C)c2cc(Oc3ccc(C=O)cc3)ccc21. The number of carbonyl (C=O) groups excluding carboxylic acids is 1. The summed E-state index contributed by atoms with van der Waals surface area (Å²) >= 11 is 0. The minimum absolute atomic E-state index is 0.574. The smallest absolute Gasteiger partial charge is 0.150 e. The van der Waals surface area contributed by atoms with Crippen molar-refractivity contribution in [2.45, 2.75) is 67.3 Å². The maximum atomic E-state index is 10.9. The zero-order chi connectivity index (χ0) is 24.7. The van der Waals surface area contributed by atoms with Gasteiger partial charge in [0.25, 0.3) is 0 Å². The van der Waals surface area contributed by atoms with Gasteiger partial charge in [-0.15, -0.1) is 0 Å². The van der Waals surface area contributed by atoms with Crippen LogP contribution in [0.3, 0.4) is 0 Å². The van der Waals surface area contributed by atoms with Crippen molar-refractivity contribution in [1.82, 2.24) is 9.47 Å². The first-order chi connectivity index (χ1) is 16.4. The molecule has 0 spiro atoms. The van der Waals surface area contributed by atoms with Crippen LogP contribution in [0.1, 0.15) is 68.6 Å². The molecule has 184 valence electrons. The minimum Gasteiger partial charge on any atom is -0.457 e. The van der Waals surface area contributed by atoms with E-state index in [9.17, 15) is 4.79 Å². The van der Waals surface area contributed by atoms with Crippen LogP contribution in [0.2, 0.25) is 0 Å². The van der Waals surface area contributed by atoms with E-state index in [1.807, 2.05) is 18.2 Å². The Bertz CT molecular complexity index is 1070. The highest BCUT2D eigenvalue weighted by atomic mass is 16.5. The predicted molar refractivity (Wildman–Crippen MR) is 143 cm³/mol. The number of carbonyl (C=O) groups is 1. The van der Waals surface area contributed by atoms with Gasteiger partial charge in [-0.25, -0.2) is 0 Å². The van der Waals surface area contributed by atoms with Crippen molar-refractivity contribution in [2.75, 3.05) is 19.6 Å². The molecule has 4 heteroatoms. The third kappa shape index (κ3) is 6.50. The minimum atomic E-state index is 0.574.